The van der Waals surface area contributed by atoms with Gasteiger partial charge in [0.05, 0.1) is 11.7 Å². The predicted octanol–water partition coefficient (Wildman–Crippen LogP) is 5.70. The molecule has 2 amide bonds. The zero-order valence-corrected chi connectivity index (χ0v) is 20.1. The minimum Gasteiger partial charge on any atom is -0.354 e. The van der Waals surface area contributed by atoms with Crippen LogP contribution >= 0.6 is 0 Å². The van der Waals surface area contributed by atoms with Crippen molar-refractivity contribution in [2.24, 2.45) is 0 Å². The summed E-state index contributed by atoms with van der Waals surface area (Å²) in [5, 5.41) is 1.07. The van der Waals surface area contributed by atoms with Crippen molar-refractivity contribution in [1.82, 2.24) is 14.8 Å². The van der Waals surface area contributed by atoms with Crippen LogP contribution in [0.3, 0.4) is 0 Å². The van der Waals surface area contributed by atoms with Gasteiger partial charge in [-0.3, -0.25) is 9.59 Å². The number of benzene rings is 3. The van der Waals surface area contributed by atoms with E-state index in [1.807, 2.05) is 53.1 Å². The fourth-order valence-electron chi connectivity index (χ4n) is 5.75. The number of carbonyl (C=O) groups is 2. The molecule has 2 aliphatic rings. The highest BCUT2D eigenvalue weighted by atomic mass is 16.2. The van der Waals surface area contributed by atoms with Gasteiger partial charge >= 0.3 is 0 Å². The van der Waals surface area contributed by atoms with Gasteiger partial charge in [0.15, 0.2) is 0 Å². The highest BCUT2D eigenvalue weighted by molar-refractivity contribution is 6.04. The third-order valence-electron chi connectivity index (χ3n) is 7.55. The summed E-state index contributed by atoms with van der Waals surface area (Å²) in [6, 6.07) is 23.6. The minimum absolute atomic E-state index is 0.0328. The number of likely N-dealkylation sites (tertiary alicyclic amines) is 1. The Morgan fingerprint density at radius 3 is 2.40 bits per heavy atom. The van der Waals surface area contributed by atoms with Crippen molar-refractivity contribution in [3.05, 3.63) is 95.1 Å². The Labute approximate surface area is 205 Å². The molecule has 3 aromatic carbocycles. The van der Waals surface area contributed by atoms with Crippen LogP contribution < -0.4 is 0 Å². The van der Waals surface area contributed by atoms with Crippen LogP contribution in [0.15, 0.2) is 72.8 Å². The van der Waals surface area contributed by atoms with Gasteiger partial charge in [-0.05, 0) is 49.9 Å². The summed E-state index contributed by atoms with van der Waals surface area (Å²) in [4.78, 5) is 34.7. The highest BCUT2D eigenvalue weighted by Gasteiger charge is 2.45. The van der Waals surface area contributed by atoms with E-state index in [1.165, 1.54) is 5.56 Å². The lowest BCUT2D eigenvalue weighted by Gasteiger charge is -2.33. The summed E-state index contributed by atoms with van der Waals surface area (Å²) in [6.45, 7) is 5.50. The van der Waals surface area contributed by atoms with E-state index in [0.29, 0.717) is 5.56 Å². The Balaban J connectivity index is 1.57. The zero-order chi connectivity index (χ0) is 24.1. The molecule has 5 heteroatoms. The van der Waals surface area contributed by atoms with E-state index in [1.54, 1.807) is 0 Å². The number of hydrogen-bond acceptors (Lipinski definition) is 2. The van der Waals surface area contributed by atoms with Crippen LogP contribution in [0.1, 0.15) is 52.9 Å². The molecule has 1 fully saturated rings. The molecule has 2 atom stereocenters. The second kappa shape index (κ2) is 8.42. The van der Waals surface area contributed by atoms with Crippen molar-refractivity contribution in [2.45, 2.75) is 38.8 Å². The predicted molar refractivity (Wildman–Crippen MR) is 138 cm³/mol. The minimum atomic E-state index is -0.558. The number of aromatic amines is 1. The van der Waals surface area contributed by atoms with Gasteiger partial charge in [0.1, 0.15) is 6.04 Å². The summed E-state index contributed by atoms with van der Waals surface area (Å²) < 4.78 is 0. The number of nitrogens with one attached hydrogen (secondary N) is 1. The fourth-order valence-corrected chi connectivity index (χ4v) is 5.75. The number of amides is 2. The molecule has 1 saturated heterocycles. The van der Waals surface area contributed by atoms with E-state index in [4.69, 9.17) is 0 Å². The standard InChI is InChI=1S/C30H29N3O2/c1-19-13-15-21(16-14-19)27-26(24-11-5-6-12-25(24)31-27)28-22-9-3-4-10-23(22)30(35)33(28)20(2)29(34)32-17-7-8-18-32/h3-6,9-16,20,28,31H,7-8,17-18H2,1-2H3. The lowest BCUT2D eigenvalue weighted by molar-refractivity contribution is -0.134. The molecule has 0 saturated carbocycles. The largest absolute Gasteiger partial charge is 0.354 e. The maximum absolute atomic E-state index is 13.8. The molecule has 35 heavy (non-hydrogen) atoms. The van der Waals surface area contributed by atoms with Crippen molar-refractivity contribution in [1.29, 1.82) is 0 Å². The van der Waals surface area contributed by atoms with Gasteiger partial charge in [-0.1, -0.05) is 66.2 Å². The molecule has 3 heterocycles. The smallest absolute Gasteiger partial charge is 0.255 e. The molecule has 0 radical (unpaired) electrons. The van der Waals surface area contributed by atoms with Gasteiger partial charge < -0.3 is 14.8 Å². The molecule has 4 aromatic rings. The molecule has 2 aliphatic heterocycles. The van der Waals surface area contributed by atoms with Crippen molar-refractivity contribution in [2.75, 3.05) is 13.1 Å². The second-order valence-electron chi connectivity index (χ2n) is 9.74. The molecule has 0 aliphatic carbocycles. The number of nitrogens with zero attached hydrogens (tertiary/aromatic N) is 2. The first kappa shape index (κ1) is 21.7. The summed E-state index contributed by atoms with van der Waals surface area (Å²) in [6.07, 6.45) is 2.05. The Bertz CT molecular complexity index is 1430. The van der Waals surface area contributed by atoms with Gasteiger partial charge in [0.2, 0.25) is 5.91 Å². The molecule has 2 unspecified atom stereocenters. The molecule has 176 valence electrons. The van der Waals surface area contributed by atoms with E-state index in [-0.39, 0.29) is 17.9 Å². The van der Waals surface area contributed by atoms with Crippen molar-refractivity contribution in [3.63, 3.8) is 0 Å². The number of hydrogen-bond donors (Lipinski definition) is 1. The topological polar surface area (TPSA) is 56.4 Å². The van der Waals surface area contributed by atoms with Crippen LogP contribution in [0.5, 0.6) is 0 Å². The summed E-state index contributed by atoms with van der Waals surface area (Å²) in [5.74, 6) is -0.0452. The quantitative estimate of drug-likeness (QED) is 0.422. The maximum atomic E-state index is 13.8. The first-order valence-electron chi connectivity index (χ1n) is 12.4. The number of aryl methyl sites for hydroxylation is 1. The lowest BCUT2D eigenvalue weighted by Crippen LogP contribution is -2.48. The van der Waals surface area contributed by atoms with E-state index in [0.717, 1.165) is 59.2 Å². The van der Waals surface area contributed by atoms with E-state index in [2.05, 4.69) is 48.3 Å². The normalized spacial score (nSPS) is 18.3. The molecule has 0 spiro atoms. The first-order valence-corrected chi connectivity index (χ1v) is 12.4. The third-order valence-corrected chi connectivity index (χ3v) is 7.55. The summed E-state index contributed by atoms with van der Waals surface area (Å²) in [7, 11) is 0. The molecule has 1 N–H and O–H groups in total. The number of H-pyrrole nitrogens is 1. The first-order chi connectivity index (χ1) is 17.0. The Hall–Kier alpha value is -3.86. The lowest BCUT2D eigenvalue weighted by atomic mass is 9.92. The monoisotopic (exact) mass is 463 g/mol. The van der Waals surface area contributed by atoms with Crippen LogP contribution in [0, 0.1) is 6.92 Å². The van der Waals surface area contributed by atoms with Crippen LogP contribution in [0.4, 0.5) is 0 Å². The number of rotatable bonds is 4. The van der Waals surface area contributed by atoms with Gasteiger partial charge in [-0.15, -0.1) is 0 Å². The van der Waals surface area contributed by atoms with E-state index in [9.17, 15) is 9.59 Å². The Morgan fingerprint density at radius 2 is 1.63 bits per heavy atom. The number of carbonyl (C=O) groups excluding carboxylic acids is 2. The number of aromatic nitrogens is 1. The molecular weight excluding hydrogens is 434 g/mol. The van der Waals surface area contributed by atoms with Gasteiger partial charge in [0.25, 0.3) is 5.91 Å². The highest BCUT2D eigenvalue weighted by Crippen LogP contribution is 2.46. The third kappa shape index (κ3) is 3.45. The average molecular weight is 464 g/mol. The maximum Gasteiger partial charge on any atom is 0.255 e. The van der Waals surface area contributed by atoms with Crippen molar-refractivity contribution in [3.8, 4) is 11.3 Å². The van der Waals surface area contributed by atoms with E-state index >= 15 is 0 Å². The fraction of sp³-hybridized carbons (Fsp3) is 0.267. The molecule has 1 aromatic heterocycles. The van der Waals surface area contributed by atoms with Crippen LogP contribution in [0.2, 0.25) is 0 Å². The Kier molecular flexibility index (Phi) is 5.21. The Morgan fingerprint density at radius 1 is 0.943 bits per heavy atom. The average Bonchev–Trinajstić information content (AvgIpc) is 3.61. The number of fused-ring (bicyclic) bond motifs is 2. The molecule has 5 nitrogen and oxygen atoms in total. The summed E-state index contributed by atoms with van der Waals surface area (Å²) in [5.41, 5.74) is 6.95. The van der Waals surface area contributed by atoms with Crippen LogP contribution in [-0.4, -0.2) is 45.7 Å². The molecular formula is C30H29N3O2. The summed E-state index contributed by atoms with van der Waals surface area (Å²) >= 11 is 0. The SMILES string of the molecule is Cc1ccc(-c2[nH]c3ccccc3c2C2c3ccccc3C(=O)N2C(C)C(=O)N2CCCC2)cc1. The molecule has 6 rings (SSSR count). The van der Waals surface area contributed by atoms with Gasteiger partial charge in [-0.25, -0.2) is 0 Å². The van der Waals surface area contributed by atoms with Crippen molar-refractivity contribution < 1.29 is 9.59 Å². The molecule has 0 bridgehead atoms. The number of para-hydroxylation sites is 1. The zero-order valence-electron chi connectivity index (χ0n) is 20.1. The van der Waals surface area contributed by atoms with Gasteiger partial charge in [-0.2, -0.15) is 0 Å². The van der Waals surface area contributed by atoms with E-state index < -0.39 is 6.04 Å². The van der Waals surface area contributed by atoms with Crippen LogP contribution in [-0.2, 0) is 4.79 Å². The second-order valence-corrected chi connectivity index (χ2v) is 9.74. The van der Waals surface area contributed by atoms with Crippen LogP contribution in [0.25, 0.3) is 22.2 Å². The van der Waals surface area contributed by atoms with Crippen molar-refractivity contribution >= 4 is 22.7 Å². The van der Waals surface area contributed by atoms with Gasteiger partial charge in [0, 0.05) is 35.1 Å².